The first-order chi connectivity index (χ1) is 9.19. The Bertz CT molecular complexity index is 784. The van der Waals surface area contributed by atoms with E-state index < -0.39 is 0 Å². The van der Waals surface area contributed by atoms with E-state index in [2.05, 4.69) is 20.4 Å². The standard InChI is InChI=1S/C11H12N6O2/c1-3-7-4-12-9(19-7)6-17-11(18)8-5-13-16(2)10(8)14-15-17/h4-5H,3,6H2,1-2H3. The van der Waals surface area contributed by atoms with Crippen LogP contribution >= 0.6 is 0 Å². The molecule has 0 N–H and O–H groups in total. The molecule has 8 nitrogen and oxygen atoms in total. The van der Waals surface area contributed by atoms with Crippen LogP contribution in [0.2, 0.25) is 0 Å². The minimum Gasteiger partial charge on any atom is -0.444 e. The van der Waals surface area contributed by atoms with Gasteiger partial charge in [-0.1, -0.05) is 12.1 Å². The molecule has 0 radical (unpaired) electrons. The quantitative estimate of drug-likeness (QED) is 0.664. The molecule has 0 saturated carbocycles. The van der Waals surface area contributed by atoms with Gasteiger partial charge in [0.25, 0.3) is 5.56 Å². The van der Waals surface area contributed by atoms with Crippen molar-refractivity contribution in [3.05, 3.63) is 34.4 Å². The Morgan fingerprint density at radius 3 is 2.95 bits per heavy atom. The van der Waals surface area contributed by atoms with E-state index in [-0.39, 0.29) is 12.1 Å². The van der Waals surface area contributed by atoms with E-state index in [0.29, 0.717) is 16.9 Å². The molecule has 98 valence electrons. The molecule has 0 aliphatic heterocycles. The Labute approximate surface area is 107 Å². The smallest absolute Gasteiger partial charge is 0.281 e. The van der Waals surface area contributed by atoms with E-state index in [1.807, 2.05) is 6.92 Å². The van der Waals surface area contributed by atoms with E-state index in [4.69, 9.17) is 4.42 Å². The van der Waals surface area contributed by atoms with Crippen LogP contribution in [-0.2, 0) is 20.0 Å². The van der Waals surface area contributed by atoms with Crippen LogP contribution in [-0.4, -0.2) is 29.8 Å². The predicted molar refractivity (Wildman–Crippen MR) is 65.5 cm³/mol. The first kappa shape index (κ1) is 11.6. The van der Waals surface area contributed by atoms with Crippen molar-refractivity contribution in [1.29, 1.82) is 0 Å². The number of hydrogen-bond acceptors (Lipinski definition) is 6. The van der Waals surface area contributed by atoms with Gasteiger partial charge in [-0.2, -0.15) is 5.10 Å². The number of oxazole rings is 1. The van der Waals surface area contributed by atoms with Crippen molar-refractivity contribution >= 4 is 11.0 Å². The SMILES string of the molecule is CCc1cnc(Cn2nnc3c(cnn3C)c2=O)o1. The molecule has 0 amide bonds. The molecule has 0 unspecified atom stereocenters. The molecule has 8 heteroatoms. The molecular formula is C11H12N6O2. The molecule has 0 atom stereocenters. The maximum atomic E-state index is 12.2. The lowest BCUT2D eigenvalue weighted by Crippen LogP contribution is -2.24. The average molecular weight is 260 g/mol. The lowest BCUT2D eigenvalue weighted by molar-refractivity contribution is 0.426. The highest BCUT2D eigenvalue weighted by atomic mass is 16.4. The highest BCUT2D eigenvalue weighted by molar-refractivity contribution is 5.72. The largest absolute Gasteiger partial charge is 0.444 e. The Balaban J connectivity index is 2.01. The molecule has 0 aliphatic rings. The van der Waals surface area contributed by atoms with Gasteiger partial charge in [-0.25, -0.2) is 14.3 Å². The molecule has 0 aromatic carbocycles. The molecule has 0 fully saturated rings. The fourth-order valence-electron chi connectivity index (χ4n) is 1.79. The summed E-state index contributed by atoms with van der Waals surface area (Å²) in [5.41, 5.74) is 0.206. The highest BCUT2D eigenvalue weighted by Crippen LogP contribution is 2.06. The van der Waals surface area contributed by atoms with E-state index >= 15 is 0 Å². The van der Waals surface area contributed by atoms with Crippen molar-refractivity contribution < 1.29 is 4.42 Å². The number of hydrogen-bond donors (Lipinski definition) is 0. The number of nitrogens with zero attached hydrogens (tertiary/aromatic N) is 6. The number of aryl methyl sites for hydroxylation is 2. The monoisotopic (exact) mass is 260 g/mol. The van der Waals surface area contributed by atoms with Crippen LogP contribution in [0.1, 0.15) is 18.6 Å². The van der Waals surface area contributed by atoms with Gasteiger partial charge in [0, 0.05) is 13.5 Å². The average Bonchev–Trinajstić information content (AvgIpc) is 3.00. The summed E-state index contributed by atoms with van der Waals surface area (Å²) in [6.07, 6.45) is 3.89. The van der Waals surface area contributed by atoms with Crippen LogP contribution in [0.15, 0.2) is 21.6 Å². The van der Waals surface area contributed by atoms with Crippen molar-refractivity contribution in [3.8, 4) is 0 Å². The van der Waals surface area contributed by atoms with E-state index in [1.54, 1.807) is 13.2 Å². The third-order valence-electron chi connectivity index (χ3n) is 2.85. The highest BCUT2D eigenvalue weighted by Gasteiger charge is 2.11. The minimum atomic E-state index is -0.255. The topological polar surface area (TPSA) is 91.6 Å². The second kappa shape index (κ2) is 4.30. The Morgan fingerprint density at radius 2 is 2.21 bits per heavy atom. The van der Waals surface area contributed by atoms with Gasteiger partial charge in [-0.3, -0.25) is 4.79 Å². The summed E-state index contributed by atoms with van der Waals surface area (Å²) >= 11 is 0. The maximum Gasteiger partial charge on any atom is 0.281 e. The molecule has 0 aliphatic carbocycles. The molecular weight excluding hydrogens is 248 g/mol. The van der Waals surface area contributed by atoms with Crippen LogP contribution in [0.3, 0.4) is 0 Å². The second-order valence-electron chi connectivity index (χ2n) is 4.13. The van der Waals surface area contributed by atoms with E-state index in [1.165, 1.54) is 15.6 Å². The van der Waals surface area contributed by atoms with Gasteiger partial charge in [-0.05, 0) is 0 Å². The second-order valence-corrected chi connectivity index (χ2v) is 4.13. The summed E-state index contributed by atoms with van der Waals surface area (Å²) in [5.74, 6) is 1.22. The van der Waals surface area contributed by atoms with Crippen LogP contribution < -0.4 is 5.56 Å². The fourth-order valence-corrected chi connectivity index (χ4v) is 1.79. The third kappa shape index (κ3) is 1.90. The van der Waals surface area contributed by atoms with Crippen molar-refractivity contribution in [2.45, 2.75) is 19.9 Å². The van der Waals surface area contributed by atoms with Crippen molar-refractivity contribution in [3.63, 3.8) is 0 Å². The molecule has 3 aromatic rings. The van der Waals surface area contributed by atoms with Crippen molar-refractivity contribution in [2.75, 3.05) is 0 Å². The summed E-state index contributed by atoms with van der Waals surface area (Å²) in [6, 6.07) is 0. The molecule has 3 aromatic heterocycles. The van der Waals surface area contributed by atoms with Gasteiger partial charge in [0.05, 0.1) is 12.4 Å². The van der Waals surface area contributed by atoms with Gasteiger partial charge in [0.15, 0.2) is 5.65 Å². The first-order valence-electron chi connectivity index (χ1n) is 5.88. The van der Waals surface area contributed by atoms with Gasteiger partial charge in [-0.15, -0.1) is 5.10 Å². The zero-order chi connectivity index (χ0) is 13.4. The normalized spacial score (nSPS) is 11.3. The Morgan fingerprint density at radius 1 is 1.37 bits per heavy atom. The first-order valence-corrected chi connectivity index (χ1v) is 5.88. The summed E-state index contributed by atoms with van der Waals surface area (Å²) in [7, 11) is 1.71. The summed E-state index contributed by atoms with van der Waals surface area (Å²) in [4.78, 5) is 16.3. The Hall–Kier alpha value is -2.51. The molecule has 3 heterocycles. The van der Waals surface area contributed by atoms with Crippen molar-refractivity contribution in [2.24, 2.45) is 7.05 Å². The van der Waals surface area contributed by atoms with Gasteiger partial charge >= 0.3 is 0 Å². The van der Waals surface area contributed by atoms with Crippen LogP contribution in [0.25, 0.3) is 11.0 Å². The molecule has 0 saturated heterocycles. The molecule has 0 spiro atoms. The summed E-state index contributed by atoms with van der Waals surface area (Å²) in [5, 5.41) is 12.2. The number of aromatic nitrogens is 6. The fraction of sp³-hybridized carbons (Fsp3) is 0.364. The maximum absolute atomic E-state index is 12.2. The minimum absolute atomic E-state index is 0.163. The zero-order valence-corrected chi connectivity index (χ0v) is 10.6. The Kier molecular flexibility index (Phi) is 2.62. The number of fused-ring (bicyclic) bond motifs is 1. The molecule has 19 heavy (non-hydrogen) atoms. The molecule has 0 bridgehead atoms. The lowest BCUT2D eigenvalue weighted by Gasteiger charge is -2.00. The van der Waals surface area contributed by atoms with Crippen molar-refractivity contribution in [1.82, 2.24) is 29.8 Å². The molecule has 3 rings (SSSR count). The van der Waals surface area contributed by atoms with Crippen LogP contribution in [0.4, 0.5) is 0 Å². The van der Waals surface area contributed by atoms with E-state index in [9.17, 15) is 4.79 Å². The van der Waals surface area contributed by atoms with Gasteiger partial charge in [0.2, 0.25) is 5.89 Å². The predicted octanol–water partition coefficient (Wildman–Crippen LogP) is 0.124. The van der Waals surface area contributed by atoms with E-state index in [0.717, 1.165) is 12.2 Å². The van der Waals surface area contributed by atoms with Gasteiger partial charge < -0.3 is 4.42 Å². The number of rotatable bonds is 3. The van der Waals surface area contributed by atoms with Gasteiger partial charge in [0.1, 0.15) is 17.7 Å². The van der Waals surface area contributed by atoms with Crippen LogP contribution in [0.5, 0.6) is 0 Å². The van der Waals surface area contributed by atoms with Crippen LogP contribution in [0, 0.1) is 0 Å². The lowest BCUT2D eigenvalue weighted by atomic mass is 10.4. The summed E-state index contributed by atoms with van der Waals surface area (Å²) in [6.45, 7) is 2.13. The third-order valence-corrected chi connectivity index (χ3v) is 2.85. The zero-order valence-electron chi connectivity index (χ0n) is 10.6. The summed E-state index contributed by atoms with van der Waals surface area (Å²) < 4.78 is 8.18.